The van der Waals surface area contributed by atoms with E-state index in [2.05, 4.69) is 13.5 Å². The Morgan fingerprint density at radius 3 is 1.67 bits per heavy atom. The monoisotopic (exact) mass is 252 g/mol. The van der Waals surface area contributed by atoms with Crippen molar-refractivity contribution in [2.45, 2.75) is 19.9 Å². The van der Waals surface area contributed by atoms with Crippen LogP contribution in [0.3, 0.4) is 0 Å². The van der Waals surface area contributed by atoms with Crippen LogP contribution < -0.4 is 0 Å². The molecule has 0 spiro atoms. The van der Waals surface area contributed by atoms with E-state index >= 15 is 0 Å². The molecule has 0 atom stereocenters. The lowest BCUT2D eigenvalue weighted by Gasteiger charge is -2.19. The van der Waals surface area contributed by atoms with Crippen LogP contribution in [0.1, 0.15) is 13.8 Å². The van der Waals surface area contributed by atoms with Crippen LogP contribution in [0.4, 0.5) is 0 Å². The molecule has 92 valence electrons. The van der Waals surface area contributed by atoms with Crippen molar-refractivity contribution in [1.82, 2.24) is 0 Å². The average Bonchev–Trinajstić information content (AvgIpc) is 2.31. The van der Waals surface area contributed by atoms with E-state index in [1.807, 2.05) is 6.92 Å². The van der Waals surface area contributed by atoms with Gasteiger partial charge in [-0.3, -0.25) is 0 Å². The molecule has 0 unspecified atom stereocenters. The van der Waals surface area contributed by atoms with Gasteiger partial charge in [-0.05, 0) is 18.7 Å². The van der Waals surface area contributed by atoms with Gasteiger partial charge in [-0.2, -0.15) is 0 Å². The molecule has 0 aromatic carbocycles. The Bertz CT molecular complexity index is 128. The van der Waals surface area contributed by atoms with Crippen molar-refractivity contribution >= 4 is 18.6 Å². The summed E-state index contributed by atoms with van der Waals surface area (Å²) in [5.41, 5.74) is 1.58. The normalized spacial score (nSPS) is 11.3. The zero-order valence-electron chi connectivity index (χ0n) is 10.5. The third kappa shape index (κ3) is 8.97. The topological polar surface area (TPSA) is 36.9 Å². The van der Waals surface area contributed by atoms with E-state index in [9.17, 15) is 0 Å². The second-order valence-electron chi connectivity index (χ2n) is 2.62. The Morgan fingerprint density at radius 1 is 1.13 bits per heavy atom. The average molecular weight is 252 g/mol. The maximum atomic E-state index is 5.12. The zero-order valence-corrected chi connectivity index (χ0v) is 13.0. The fourth-order valence-electron chi connectivity index (χ4n) is 0.789. The first kappa shape index (κ1) is 17.4. The summed E-state index contributed by atoms with van der Waals surface area (Å²) in [7, 11) is 2.12. The van der Waals surface area contributed by atoms with E-state index < -0.39 is 8.80 Å². The van der Waals surface area contributed by atoms with Crippen LogP contribution in [0.25, 0.3) is 0 Å². The van der Waals surface area contributed by atoms with Crippen molar-refractivity contribution < 1.29 is 17.7 Å². The standard InChI is InChI=1S/C5H12O3Si.C4H12OSi/c1-5-9(6-2,7-3)8-4;1-3-5-6-4-2/h5H,1H2,2-4H3;3-4,6H2,1-2H3. The van der Waals surface area contributed by atoms with Crippen LogP contribution in [0.15, 0.2) is 12.3 Å². The summed E-state index contributed by atoms with van der Waals surface area (Å²) in [6.45, 7) is 8.66. The second kappa shape index (κ2) is 12.1. The van der Waals surface area contributed by atoms with Crippen molar-refractivity contribution in [2.75, 3.05) is 27.9 Å². The molecule has 0 aromatic rings. The van der Waals surface area contributed by atoms with Crippen molar-refractivity contribution in [2.24, 2.45) is 0 Å². The van der Waals surface area contributed by atoms with E-state index in [0.29, 0.717) is 0 Å². The number of hydrogen-bond donors (Lipinski definition) is 0. The lowest BCUT2D eigenvalue weighted by atomic mass is 10.9. The van der Waals surface area contributed by atoms with Crippen molar-refractivity contribution in [3.05, 3.63) is 12.3 Å². The van der Waals surface area contributed by atoms with Crippen molar-refractivity contribution in [1.29, 1.82) is 0 Å². The van der Waals surface area contributed by atoms with Gasteiger partial charge in [0.1, 0.15) is 0 Å². The lowest BCUT2D eigenvalue weighted by molar-refractivity contribution is 0.138. The molecule has 4 nitrogen and oxygen atoms in total. The minimum Gasteiger partial charge on any atom is -0.424 e. The fourth-order valence-corrected chi connectivity index (χ4v) is 2.37. The first-order chi connectivity index (χ1) is 7.16. The molecule has 0 aliphatic carbocycles. The molecule has 0 saturated carbocycles. The summed E-state index contributed by atoms with van der Waals surface area (Å²) in [6.07, 6.45) is 0. The molecule has 15 heavy (non-hydrogen) atoms. The van der Waals surface area contributed by atoms with Crippen LogP contribution in [-0.4, -0.2) is 46.5 Å². The highest BCUT2D eigenvalue weighted by molar-refractivity contribution is 6.66. The summed E-state index contributed by atoms with van der Waals surface area (Å²) >= 11 is 0. The van der Waals surface area contributed by atoms with Gasteiger partial charge >= 0.3 is 8.80 Å². The van der Waals surface area contributed by atoms with E-state index in [1.54, 1.807) is 27.0 Å². The number of rotatable bonds is 7. The smallest absolute Gasteiger partial charge is 0.424 e. The van der Waals surface area contributed by atoms with Gasteiger partial charge in [0.05, 0.1) is 0 Å². The Kier molecular flexibility index (Phi) is 14.0. The van der Waals surface area contributed by atoms with Crippen LogP contribution in [-0.2, 0) is 17.7 Å². The predicted molar refractivity (Wildman–Crippen MR) is 67.6 cm³/mol. The van der Waals surface area contributed by atoms with Gasteiger partial charge in [-0.15, -0.1) is 0 Å². The molecule has 0 radical (unpaired) electrons. The predicted octanol–water partition coefficient (Wildman–Crippen LogP) is 1.13. The van der Waals surface area contributed by atoms with Gasteiger partial charge in [0, 0.05) is 27.9 Å². The zero-order chi connectivity index (χ0) is 12.2. The molecule has 0 N–H and O–H groups in total. The highest BCUT2D eigenvalue weighted by atomic mass is 28.4. The summed E-state index contributed by atoms with van der Waals surface area (Å²) < 4.78 is 20.0. The summed E-state index contributed by atoms with van der Waals surface area (Å²) in [5, 5.41) is 0. The fraction of sp³-hybridized carbons (Fsp3) is 0.778. The molecule has 0 amide bonds. The van der Waals surface area contributed by atoms with Crippen molar-refractivity contribution in [3.8, 4) is 0 Å². The first-order valence-corrected chi connectivity index (χ1v) is 8.41. The first-order valence-electron chi connectivity index (χ1n) is 5.03. The molecule has 0 aromatic heterocycles. The van der Waals surface area contributed by atoms with Gasteiger partial charge in [-0.1, -0.05) is 13.5 Å². The highest BCUT2D eigenvalue weighted by Crippen LogP contribution is 2.04. The van der Waals surface area contributed by atoms with E-state index in [-0.39, 0.29) is 9.76 Å². The third-order valence-electron chi connectivity index (χ3n) is 1.66. The molecule has 0 fully saturated rings. The molecule has 0 aliphatic heterocycles. The molecular weight excluding hydrogens is 228 g/mol. The number of hydrogen-bond acceptors (Lipinski definition) is 4. The Labute approximate surface area is 96.9 Å². The van der Waals surface area contributed by atoms with Gasteiger partial charge in [-0.25, -0.2) is 0 Å². The molecule has 0 saturated heterocycles. The third-order valence-corrected chi connectivity index (χ3v) is 4.97. The Balaban J connectivity index is 0. The molecule has 0 heterocycles. The van der Waals surface area contributed by atoms with Gasteiger partial charge in [0.25, 0.3) is 0 Å². The van der Waals surface area contributed by atoms with Crippen LogP contribution >= 0.6 is 0 Å². The van der Waals surface area contributed by atoms with E-state index in [0.717, 1.165) is 6.61 Å². The van der Waals surface area contributed by atoms with Gasteiger partial charge < -0.3 is 17.7 Å². The minimum atomic E-state index is -2.43. The maximum Gasteiger partial charge on any atom is 0.528 e. The second-order valence-corrected chi connectivity index (χ2v) is 7.27. The van der Waals surface area contributed by atoms with E-state index in [4.69, 9.17) is 17.7 Å². The maximum absolute atomic E-state index is 5.12. The molecular formula is C9H24O4Si2. The quantitative estimate of drug-likeness (QED) is 0.503. The SMILES string of the molecule is C=C[Si](OC)(OC)OC.CCO[SiH2]CC. The largest absolute Gasteiger partial charge is 0.528 e. The van der Waals surface area contributed by atoms with Crippen LogP contribution in [0.2, 0.25) is 6.04 Å². The van der Waals surface area contributed by atoms with Gasteiger partial charge in [0.15, 0.2) is 9.76 Å². The molecule has 0 rings (SSSR count). The van der Waals surface area contributed by atoms with Crippen molar-refractivity contribution in [3.63, 3.8) is 0 Å². The Morgan fingerprint density at radius 2 is 1.60 bits per heavy atom. The van der Waals surface area contributed by atoms with Gasteiger partial charge in [0.2, 0.25) is 0 Å². The molecule has 0 aliphatic rings. The Hall–Kier alpha value is 0.0138. The summed E-state index contributed by atoms with van der Waals surface area (Å²) in [5.74, 6) is 0. The summed E-state index contributed by atoms with van der Waals surface area (Å²) in [4.78, 5) is 0. The van der Waals surface area contributed by atoms with Crippen LogP contribution in [0, 0.1) is 0 Å². The molecule has 0 bridgehead atoms. The highest BCUT2D eigenvalue weighted by Gasteiger charge is 2.33. The van der Waals surface area contributed by atoms with Crippen LogP contribution in [0.5, 0.6) is 0 Å². The lowest BCUT2D eigenvalue weighted by Crippen LogP contribution is -2.40. The van der Waals surface area contributed by atoms with E-state index in [1.165, 1.54) is 6.04 Å². The minimum absolute atomic E-state index is 0.0783. The molecule has 6 heteroatoms. The summed E-state index contributed by atoms with van der Waals surface area (Å²) in [6, 6.07) is 1.27.